The average molecular weight is 579 g/mol. The van der Waals surface area contributed by atoms with Gasteiger partial charge in [-0.2, -0.15) is 4.31 Å². The van der Waals surface area contributed by atoms with Crippen molar-refractivity contribution in [2.75, 3.05) is 27.2 Å². The molecule has 0 aliphatic carbocycles. The van der Waals surface area contributed by atoms with Gasteiger partial charge in [0.15, 0.2) is 0 Å². The molecule has 0 unspecified atom stereocenters. The molecule has 2 heterocycles. The van der Waals surface area contributed by atoms with Crippen molar-refractivity contribution in [3.05, 3.63) is 69.6 Å². The van der Waals surface area contributed by atoms with Gasteiger partial charge in [-0.25, -0.2) is 8.42 Å². The molecule has 2 aromatic rings. The molecule has 0 aromatic heterocycles. The van der Waals surface area contributed by atoms with Gasteiger partial charge in [0.2, 0.25) is 10.0 Å². The van der Waals surface area contributed by atoms with E-state index < -0.39 is 33.6 Å². The fourth-order valence-electron chi connectivity index (χ4n) is 4.80. The number of rotatable bonds is 6. The molecule has 2 aromatic carbocycles. The maximum absolute atomic E-state index is 13.1. The van der Waals surface area contributed by atoms with Crippen molar-refractivity contribution in [3.8, 4) is 5.75 Å². The van der Waals surface area contributed by atoms with Crippen LogP contribution in [0.2, 0.25) is 0 Å². The molecule has 1 N–H and O–H groups in total. The third-order valence-electron chi connectivity index (χ3n) is 6.88. The quantitative estimate of drug-likeness (QED) is 0.564. The molecule has 13 heteroatoms. The minimum atomic E-state index is -4.86. The first kappa shape index (κ1) is 29.3. The molecule has 0 bridgehead atoms. The lowest BCUT2D eigenvalue weighted by atomic mass is 9.89. The van der Waals surface area contributed by atoms with E-state index >= 15 is 0 Å². The van der Waals surface area contributed by atoms with Gasteiger partial charge in [-0.1, -0.05) is 12.1 Å². The van der Waals surface area contributed by atoms with Crippen LogP contribution in [0.3, 0.4) is 0 Å². The van der Waals surface area contributed by atoms with Gasteiger partial charge in [0.25, 0.3) is 11.8 Å². The average Bonchev–Trinajstić information content (AvgIpc) is 3.17. The number of aliphatic imine (C=N–C) groups is 1. The molecule has 9 nitrogen and oxygen atoms in total. The summed E-state index contributed by atoms with van der Waals surface area (Å²) in [6.45, 7) is 3.66. The molecule has 40 heavy (non-hydrogen) atoms. The van der Waals surface area contributed by atoms with Gasteiger partial charge in [-0.3, -0.25) is 14.6 Å². The molecule has 2 aliphatic rings. The van der Waals surface area contributed by atoms with Crippen LogP contribution in [0.4, 0.5) is 13.2 Å². The van der Waals surface area contributed by atoms with Crippen molar-refractivity contribution in [1.29, 1.82) is 0 Å². The Morgan fingerprint density at radius 3 is 2.33 bits per heavy atom. The number of amidine groups is 1. The number of nitrogens with one attached hydrogen (secondary N) is 1. The van der Waals surface area contributed by atoms with Crippen LogP contribution in [0.15, 0.2) is 46.8 Å². The monoisotopic (exact) mass is 578 g/mol. The maximum atomic E-state index is 13.1. The van der Waals surface area contributed by atoms with Crippen molar-refractivity contribution in [2.45, 2.75) is 38.6 Å². The molecule has 1 saturated heterocycles. The molecule has 1 spiro atoms. The fourth-order valence-corrected chi connectivity index (χ4v) is 5.97. The summed E-state index contributed by atoms with van der Waals surface area (Å²) in [6.07, 6.45) is -3.15. The molecule has 2 aliphatic heterocycles. The van der Waals surface area contributed by atoms with Crippen LogP contribution < -0.4 is 10.1 Å². The summed E-state index contributed by atoms with van der Waals surface area (Å²) in [5.41, 5.74) is 1.73. The minimum absolute atomic E-state index is 0.0301. The Kier molecular flexibility index (Phi) is 7.83. The number of piperidine rings is 1. The van der Waals surface area contributed by atoms with Crippen molar-refractivity contribution in [1.82, 2.24) is 14.5 Å². The lowest BCUT2D eigenvalue weighted by molar-refractivity contribution is -0.274. The van der Waals surface area contributed by atoms with Crippen LogP contribution in [-0.4, -0.2) is 74.4 Å². The molecule has 0 atom stereocenters. The molecule has 214 valence electrons. The predicted molar refractivity (Wildman–Crippen MR) is 143 cm³/mol. The van der Waals surface area contributed by atoms with E-state index in [2.05, 4.69) is 15.0 Å². The molecule has 0 radical (unpaired) electrons. The molecule has 4 rings (SSSR count). The standard InChI is InChI=1S/C27H29F3N4O5S/c1-17-14-20(24(35)33(3)4)15-18(2)22(17)8-13-40(37,38)34-11-9-26(10-12-34)25(36)31-23(32-26)19-6-5-7-21(16-19)39-27(28,29)30/h5-8,13-16H,9-12H2,1-4H3,(H,31,32,36)/b13-8+. The normalized spacial score (nSPS) is 17.7. The number of amides is 2. The summed E-state index contributed by atoms with van der Waals surface area (Å²) in [4.78, 5) is 31.1. The predicted octanol–water partition coefficient (Wildman–Crippen LogP) is 3.62. The summed E-state index contributed by atoms with van der Waals surface area (Å²) in [5.74, 6) is -0.924. The van der Waals surface area contributed by atoms with E-state index in [1.165, 1.54) is 27.4 Å². The number of benzene rings is 2. The summed E-state index contributed by atoms with van der Waals surface area (Å²) in [7, 11) is -0.522. The Morgan fingerprint density at radius 1 is 1.12 bits per heavy atom. The largest absolute Gasteiger partial charge is 0.573 e. The number of carbonyl (C=O) groups excluding carboxylic acids is 2. The number of nitrogens with zero attached hydrogens (tertiary/aromatic N) is 3. The zero-order valence-electron chi connectivity index (χ0n) is 22.4. The molecular weight excluding hydrogens is 549 g/mol. The number of hydrogen-bond donors (Lipinski definition) is 1. The molecule has 2 amide bonds. The third kappa shape index (κ3) is 6.20. The second-order valence-electron chi connectivity index (χ2n) is 9.99. The molecular formula is C27H29F3N4O5S. The Bertz CT molecular complexity index is 1490. The van der Waals surface area contributed by atoms with Gasteiger partial charge in [0, 0.05) is 43.7 Å². The van der Waals surface area contributed by atoms with Crippen LogP contribution in [0.1, 0.15) is 45.5 Å². The van der Waals surface area contributed by atoms with E-state index in [4.69, 9.17) is 0 Å². The van der Waals surface area contributed by atoms with Crippen LogP contribution in [-0.2, 0) is 14.8 Å². The van der Waals surface area contributed by atoms with Gasteiger partial charge in [0.1, 0.15) is 17.1 Å². The first-order valence-corrected chi connectivity index (χ1v) is 13.9. The van der Waals surface area contributed by atoms with Crippen molar-refractivity contribution < 1.29 is 35.9 Å². The summed E-state index contributed by atoms with van der Waals surface area (Å²) >= 11 is 0. The zero-order valence-corrected chi connectivity index (χ0v) is 23.2. The topological polar surface area (TPSA) is 108 Å². The van der Waals surface area contributed by atoms with Crippen molar-refractivity contribution >= 4 is 33.7 Å². The first-order chi connectivity index (χ1) is 18.6. The highest BCUT2D eigenvalue weighted by Gasteiger charge is 2.47. The van der Waals surface area contributed by atoms with Crippen LogP contribution >= 0.6 is 0 Å². The minimum Gasteiger partial charge on any atom is -0.406 e. The second kappa shape index (κ2) is 10.7. The number of sulfonamides is 1. The van der Waals surface area contributed by atoms with Crippen molar-refractivity contribution in [2.24, 2.45) is 4.99 Å². The van der Waals surface area contributed by atoms with Crippen LogP contribution in [0, 0.1) is 13.8 Å². The van der Waals surface area contributed by atoms with Gasteiger partial charge < -0.3 is 15.0 Å². The smallest absolute Gasteiger partial charge is 0.406 e. The Labute approximate surface area is 230 Å². The maximum Gasteiger partial charge on any atom is 0.573 e. The van der Waals surface area contributed by atoms with E-state index in [0.717, 1.165) is 28.7 Å². The van der Waals surface area contributed by atoms with E-state index in [1.54, 1.807) is 40.1 Å². The summed E-state index contributed by atoms with van der Waals surface area (Å²) in [5, 5.41) is 3.73. The third-order valence-corrected chi connectivity index (χ3v) is 8.45. The van der Waals surface area contributed by atoms with Crippen LogP contribution in [0.25, 0.3) is 6.08 Å². The summed E-state index contributed by atoms with van der Waals surface area (Å²) in [6, 6.07) is 8.55. The van der Waals surface area contributed by atoms with E-state index in [-0.39, 0.29) is 43.2 Å². The number of carbonyl (C=O) groups is 2. The van der Waals surface area contributed by atoms with E-state index in [1.807, 2.05) is 0 Å². The number of ether oxygens (including phenoxy) is 1. The van der Waals surface area contributed by atoms with Gasteiger partial charge in [-0.05, 0) is 73.7 Å². The first-order valence-electron chi connectivity index (χ1n) is 12.4. The lowest BCUT2D eigenvalue weighted by Crippen LogP contribution is -2.50. The number of hydrogen-bond acceptors (Lipinski definition) is 6. The summed E-state index contributed by atoms with van der Waals surface area (Å²) < 4.78 is 69.2. The number of halogens is 3. The Balaban J connectivity index is 1.48. The SMILES string of the molecule is Cc1cc(C(=O)N(C)C)cc(C)c1/C=C/S(=O)(=O)N1CCC2(CC1)N=C(c1cccc(OC(F)(F)F)c1)NC2=O. The highest BCUT2D eigenvalue weighted by molar-refractivity contribution is 7.92. The van der Waals surface area contributed by atoms with Crippen molar-refractivity contribution in [3.63, 3.8) is 0 Å². The molecule has 0 saturated carbocycles. The highest BCUT2D eigenvalue weighted by atomic mass is 32.2. The van der Waals surface area contributed by atoms with Crippen LogP contribution in [0.5, 0.6) is 5.75 Å². The fraction of sp³-hybridized carbons (Fsp3) is 0.370. The van der Waals surface area contributed by atoms with Gasteiger partial charge >= 0.3 is 6.36 Å². The van der Waals surface area contributed by atoms with Gasteiger partial charge in [-0.15, -0.1) is 13.2 Å². The second-order valence-corrected chi connectivity index (χ2v) is 11.8. The highest BCUT2D eigenvalue weighted by Crippen LogP contribution is 2.33. The van der Waals surface area contributed by atoms with Gasteiger partial charge in [0.05, 0.1) is 0 Å². The Hall–Kier alpha value is -3.71. The Morgan fingerprint density at radius 2 is 1.75 bits per heavy atom. The van der Waals surface area contributed by atoms with E-state index in [0.29, 0.717) is 11.1 Å². The number of aryl methyl sites for hydroxylation is 2. The zero-order chi connectivity index (χ0) is 29.5. The lowest BCUT2D eigenvalue weighted by Gasteiger charge is -2.34. The molecule has 1 fully saturated rings. The van der Waals surface area contributed by atoms with E-state index in [9.17, 15) is 31.2 Å². The number of alkyl halides is 3.